The summed E-state index contributed by atoms with van der Waals surface area (Å²) in [4.78, 5) is 24.4. The highest BCUT2D eigenvalue weighted by atomic mass is 19.2. The monoisotopic (exact) mass is 317 g/mol. The molecule has 22 heavy (non-hydrogen) atoms. The number of phenolic OH excluding ortho intramolecular Hbond substituents is 1. The van der Waals surface area contributed by atoms with Gasteiger partial charge in [-0.25, -0.2) is 8.78 Å². The summed E-state index contributed by atoms with van der Waals surface area (Å²) in [7, 11) is 0. The van der Waals surface area contributed by atoms with E-state index in [1.54, 1.807) is 6.92 Å². The molecule has 120 valence electrons. The Morgan fingerprint density at radius 1 is 1.23 bits per heavy atom. The molecule has 1 heterocycles. The van der Waals surface area contributed by atoms with E-state index in [4.69, 9.17) is 10.2 Å². The van der Waals surface area contributed by atoms with Crippen LogP contribution in [0.2, 0.25) is 0 Å². The van der Waals surface area contributed by atoms with Crippen molar-refractivity contribution < 1.29 is 33.0 Å². The number of benzene rings is 1. The van der Waals surface area contributed by atoms with Crippen LogP contribution in [-0.2, 0) is 4.79 Å². The Morgan fingerprint density at radius 2 is 1.86 bits per heavy atom. The minimum absolute atomic E-state index is 0.138. The summed E-state index contributed by atoms with van der Waals surface area (Å²) in [5.74, 6) is -9.47. The van der Waals surface area contributed by atoms with Crippen LogP contribution >= 0.6 is 0 Å². The summed E-state index contributed by atoms with van der Waals surface area (Å²) >= 11 is 0. The van der Waals surface area contributed by atoms with Crippen LogP contribution in [0.3, 0.4) is 0 Å². The molecule has 0 saturated carbocycles. The molecule has 1 aromatic carbocycles. The Hall–Kier alpha value is -2.25. The average Bonchev–Trinajstić information content (AvgIpc) is 2.47. The molecule has 5 nitrogen and oxygen atoms in total. The molecular formula is C14H14F3NO4. The molecule has 1 aliphatic heterocycles. The van der Waals surface area contributed by atoms with Crippen molar-refractivity contribution in [1.29, 1.82) is 0 Å². The number of halogens is 3. The first kappa shape index (κ1) is 16.1. The number of hydrogen-bond acceptors (Lipinski definition) is 3. The van der Waals surface area contributed by atoms with E-state index in [1.807, 2.05) is 0 Å². The number of hydrogen-bond donors (Lipinski definition) is 2. The summed E-state index contributed by atoms with van der Waals surface area (Å²) in [5, 5.41) is 18.2. The normalized spacial score (nSPS) is 21.7. The van der Waals surface area contributed by atoms with Gasteiger partial charge in [0.1, 0.15) is 0 Å². The number of carbonyl (C=O) groups is 2. The summed E-state index contributed by atoms with van der Waals surface area (Å²) in [6, 6.07) is 0.363. The van der Waals surface area contributed by atoms with Gasteiger partial charge < -0.3 is 15.1 Å². The Kier molecular flexibility index (Phi) is 4.30. The predicted octanol–water partition coefficient (Wildman–Crippen LogP) is 1.99. The van der Waals surface area contributed by atoms with Crippen molar-refractivity contribution in [3.8, 4) is 5.75 Å². The van der Waals surface area contributed by atoms with Crippen molar-refractivity contribution in [2.45, 2.75) is 13.3 Å². The van der Waals surface area contributed by atoms with E-state index in [9.17, 15) is 22.8 Å². The third-order valence-corrected chi connectivity index (χ3v) is 3.66. The first-order valence-electron chi connectivity index (χ1n) is 6.60. The second kappa shape index (κ2) is 5.86. The average molecular weight is 317 g/mol. The zero-order valence-corrected chi connectivity index (χ0v) is 11.6. The van der Waals surface area contributed by atoms with Crippen LogP contribution in [0.4, 0.5) is 13.2 Å². The Labute approximate surface area is 124 Å². The molecule has 0 bridgehead atoms. The Morgan fingerprint density at radius 3 is 2.45 bits per heavy atom. The first-order valence-corrected chi connectivity index (χ1v) is 6.60. The largest absolute Gasteiger partial charge is 0.503 e. The smallest absolute Gasteiger partial charge is 0.308 e. The SMILES string of the molecule is CC1CC(C(=O)O)CN(C(=O)c2cc(F)c(F)c(O)c2F)C1. The molecule has 1 aliphatic rings. The van der Waals surface area contributed by atoms with Crippen LogP contribution in [0.25, 0.3) is 0 Å². The van der Waals surface area contributed by atoms with Gasteiger partial charge in [-0.1, -0.05) is 6.92 Å². The molecule has 2 N–H and O–H groups in total. The highest BCUT2D eigenvalue weighted by Gasteiger charge is 2.34. The third-order valence-electron chi connectivity index (χ3n) is 3.66. The number of amides is 1. The molecule has 2 unspecified atom stereocenters. The highest BCUT2D eigenvalue weighted by Crippen LogP contribution is 2.29. The topological polar surface area (TPSA) is 77.8 Å². The van der Waals surface area contributed by atoms with E-state index >= 15 is 0 Å². The van der Waals surface area contributed by atoms with Gasteiger partial charge in [0.25, 0.3) is 5.91 Å². The fourth-order valence-electron chi connectivity index (χ4n) is 2.61. The number of piperidine rings is 1. The molecule has 1 amide bonds. The number of rotatable bonds is 2. The van der Waals surface area contributed by atoms with Gasteiger partial charge in [-0.15, -0.1) is 0 Å². The maximum absolute atomic E-state index is 13.8. The maximum Gasteiger partial charge on any atom is 0.308 e. The van der Waals surface area contributed by atoms with Crippen molar-refractivity contribution in [3.05, 3.63) is 29.1 Å². The quantitative estimate of drug-likeness (QED) is 0.818. The van der Waals surface area contributed by atoms with Crippen LogP contribution in [0, 0.1) is 29.3 Å². The van der Waals surface area contributed by atoms with E-state index < -0.39 is 46.6 Å². The second-order valence-electron chi connectivity index (χ2n) is 5.47. The molecule has 0 spiro atoms. The van der Waals surface area contributed by atoms with Crippen molar-refractivity contribution in [1.82, 2.24) is 4.90 Å². The Balaban J connectivity index is 2.34. The van der Waals surface area contributed by atoms with E-state index in [1.165, 1.54) is 0 Å². The number of likely N-dealkylation sites (tertiary alicyclic amines) is 1. The van der Waals surface area contributed by atoms with Crippen LogP contribution < -0.4 is 0 Å². The Bertz CT molecular complexity index is 635. The van der Waals surface area contributed by atoms with Crippen molar-refractivity contribution in [2.24, 2.45) is 11.8 Å². The number of carboxylic acids is 1. The molecule has 2 rings (SSSR count). The lowest BCUT2D eigenvalue weighted by Crippen LogP contribution is -2.45. The number of carboxylic acid groups (broad SMARTS) is 1. The van der Waals surface area contributed by atoms with Gasteiger partial charge in [-0.3, -0.25) is 9.59 Å². The standard InChI is InChI=1S/C14H14F3NO4/c1-6-2-7(14(21)22)5-18(4-6)13(20)8-3-9(15)11(17)12(19)10(8)16/h3,6-7,19H,2,4-5H2,1H3,(H,21,22). The second-order valence-corrected chi connectivity index (χ2v) is 5.47. The minimum atomic E-state index is -1.77. The molecule has 1 saturated heterocycles. The van der Waals surface area contributed by atoms with Gasteiger partial charge in [0.2, 0.25) is 5.82 Å². The lowest BCUT2D eigenvalue weighted by atomic mass is 9.90. The summed E-state index contributed by atoms with van der Waals surface area (Å²) in [5.41, 5.74) is -0.824. The molecular weight excluding hydrogens is 303 g/mol. The van der Waals surface area contributed by atoms with Crippen LogP contribution in [0.15, 0.2) is 6.07 Å². The van der Waals surface area contributed by atoms with Crippen LogP contribution in [-0.4, -0.2) is 40.1 Å². The minimum Gasteiger partial charge on any atom is -0.503 e. The van der Waals surface area contributed by atoms with E-state index in [2.05, 4.69) is 0 Å². The van der Waals surface area contributed by atoms with Crippen molar-refractivity contribution in [3.63, 3.8) is 0 Å². The van der Waals surface area contributed by atoms with Crippen molar-refractivity contribution in [2.75, 3.05) is 13.1 Å². The van der Waals surface area contributed by atoms with Gasteiger partial charge in [-0.05, 0) is 18.4 Å². The summed E-state index contributed by atoms with van der Waals surface area (Å²) in [6.07, 6.45) is 0.366. The fourth-order valence-corrected chi connectivity index (χ4v) is 2.61. The fraction of sp³-hybridized carbons (Fsp3) is 0.429. The lowest BCUT2D eigenvalue weighted by Gasteiger charge is -2.34. The van der Waals surface area contributed by atoms with E-state index in [0.29, 0.717) is 12.5 Å². The summed E-state index contributed by atoms with van der Waals surface area (Å²) < 4.78 is 40.1. The van der Waals surface area contributed by atoms with E-state index in [-0.39, 0.29) is 19.0 Å². The molecule has 1 fully saturated rings. The number of nitrogens with zero attached hydrogens (tertiary/aromatic N) is 1. The first-order chi connectivity index (χ1) is 10.2. The zero-order chi connectivity index (χ0) is 16.6. The molecule has 0 aromatic heterocycles. The van der Waals surface area contributed by atoms with Crippen LogP contribution in [0.5, 0.6) is 5.75 Å². The molecule has 8 heteroatoms. The molecule has 2 atom stereocenters. The van der Waals surface area contributed by atoms with Gasteiger partial charge in [0.15, 0.2) is 17.4 Å². The molecule has 0 radical (unpaired) electrons. The van der Waals surface area contributed by atoms with Crippen molar-refractivity contribution >= 4 is 11.9 Å². The van der Waals surface area contributed by atoms with Crippen LogP contribution in [0.1, 0.15) is 23.7 Å². The number of aliphatic carboxylic acids is 1. The maximum atomic E-state index is 13.8. The van der Waals surface area contributed by atoms with Gasteiger partial charge in [0.05, 0.1) is 11.5 Å². The predicted molar refractivity (Wildman–Crippen MR) is 68.8 cm³/mol. The number of aromatic hydroxyl groups is 1. The van der Waals surface area contributed by atoms with Gasteiger partial charge >= 0.3 is 5.97 Å². The third kappa shape index (κ3) is 2.86. The van der Waals surface area contributed by atoms with Gasteiger partial charge in [0, 0.05) is 13.1 Å². The molecule has 1 aromatic rings. The number of carbonyl (C=O) groups excluding carboxylic acids is 1. The van der Waals surface area contributed by atoms with E-state index in [0.717, 1.165) is 4.90 Å². The van der Waals surface area contributed by atoms with Gasteiger partial charge in [-0.2, -0.15) is 4.39 Å². The number of phenols is 1. The lowest BCUT2D eigenvalue weighted by molar-refractivity contribution is -0.143. The zero-order valence-electron chi connectivity index (χ0n) is 11.6. The summed E-state index contributed by atoms with van der Waals surface area (Å²) in [6.45, 7) is 1.74. The molecule has 0 aliphatic carbocycles. The highest BCUT2D eigenvalue weighted by molar-refractivity contribution is 5.95.